The van der Waals surface area contributed by atoms with Crippen LogP contribution in [0.25, 0.3) is 11.1 Å². The number of rotatable bonds is 7. The van der Waals surface area contributed by atoms with Gasteiger partial charge in [0.05, 0.1) is 12.6 Å². The smallest absolute Gasteiger partial charge is 0.0839 e. The standard InChI is InChI=1S/C19H22N2O/c1-3-13-20-14-19(22)15-21(2)18-11-9-17(10-12-18)16-7-5-4-6-8-16/h1,4-12,19-20,22H,13-15H2,2H3. The summed E-state index contributed by atoms with van der Waals surface area (Å²) in [5.41, 5.74) is 3.47. The van der Waals surface area contributed by atoms with Crippen molar-refractivity contribution in [1.29, 1.82) is 0 Å². The van der Waals surface area contributed by atoms with Crippen LogP contribution >= 0.6 is 0 Å². The van der Waals surface area contributed by atoms with E-state index in [2.05, 4.69) is 47.6 Å². The van der Waals surface area contributed by atoms with Crippen LogP contribution in [0.4, 0.5) is 5.69 Å². The van der Waals surface area contributed by atoms with Gasteiger partial charge in [-0.1, -0.05) is 48.4 Å². The number of nitrogens with one attached hydrogen (secondary N) is 1. The molecule has 0 amide bonds. The number of anilines is 1. The molecule has 0 saturated heterocycles. The minimum atomic E-state index is -0.452. The van der Waals surface area contributed by atoms with Crippen LogP contribution in [0.2, 0.25) is 0 Å². The van der Waals surface area contributed by atoms with Crippen molar-refractivity contribution in [2.75, 3.05) is 31.6 Å². The van der Waals surface area contributed by atoms with Gasteiger partial charge in [0.15, 0.2) is 0 Å². The van der Waals surface area contributed by atoms with E-state index >= 15 is 0 Å². The van der Waals surface area contributed by atoms with Crippen molar-refractivity contribution in [3.05, 3.63) is 54.6 Å². The largest absolute Gasteiger partial charge is 0.390 e. The summed E-state index contributed by atoms with van der Waals surface area (Å²) >= 11 is 0. The molecule has 2 aromatic rings. The van der Waals surface area contributed by atoms with Gasteiger partial charge in [0, 0.05) is 25.8 Å². The van der Waals surface area contributed by atoms with Crippen molar-refractivity contribution in [1.82, 2.24) is 5.32 Å². The van der Waals surface area contributed by atoms with Gasteiger partial charge in [-0.2, -0.15) is 0 Å². The molecule has 2 rings (SSSR count). The van der Waals surface area contributed by atoms with Gasteiger partial charge in [0.1, 0.15) is 0 Å². The Morgan fingerprint density at radius 2 is 1.73 bits per heavy atom. The molecule has 1 unspecified atom stereocenters. The Morgan fingerprint density at radius 3 is 2.36 bits per heavy atom. The van der Waals surface area contributed by atoms with Crippen LogP contribution in [0.5, 0.6) is 0 Å². The lowest BCUT2D eigenvalue weighted by atomic mass is 10.1. The third-order valence-electron chi connectivity index (χ3n) is 3.51. The highest BCUT2D eigenvalue weighted by atomic mass is 16.3. The SMILES string of the molecule is C#CCNCC(O)CN(C)c1ccc(-c2ccccc2)cc1. The van der Waals surface area contributed by atoms with Crippen LogP contribution in [0, 0.1) is 12.3 Å². The molecule has 0 aliphatic rings. The number of hydrogen-bond donors (Lipinski definition) is 2. The molecule has 0 saturated carbocycles. The molecule has 0 radical (unpaired) electrons. The fourth-order valence-corrected chi connectivity index (χ4v) is 2.34. The number of aliphatic hydroxyl groups excluding tert-OH is 1. The Morgan fingerprint density at radius 1 is 1.09 bits per heavy atom. The Hall–Kier alpha value is -2.28. The van der Waals surface area contributed by atoms with Crippen molar-refractivity contribution in [3.8, 4) is 23.5 Å². The summed E-state index contributed by atoms with van der Waals surface area (Å²) in [6, 6.07) is 18.6. The van der Waals surface area contributed by atoms with Crippen LogP contribution in [-0.4, -0.2) is 37.9 Å². The highest BCUT2D eigenvalue weighted by molar-refractivity contribution is 5.66. The molecule has 0 aromatic heterocycles. The van der Waals surface area contributed by atoms with Gasteiger partial charge < -0.3 is 15.3 Å². The topological polar surface area (TPSA) is 35.5 Å². The van der Waals surface area contributed by atoms with Gasteiger partial charge >= 0.3 is 0 Å². The highest BCUT2D eigenvalue weighted by Crippen LogP contribution is 2.22. The second-order valence-electron chi connectivity index (χ2n) is 5.28. The summed E-state index contributed by atoms with van der Waals surface area (Å²) < 4.78 is 0. The lowest BCUT2D eigenvalue weighted by molar-refractivity contribution is 0.180. The maximum absolute atomic E-state index is 9.97. The average Bonchev–Trinajstić information content (AvgIpc) is 2.56. The van der Waals surface area contributed by atoms with Crippen molar-refractivity contribution in [3.63, 3.8) is 0 Å². The molecule has 0 heterocycles. The molecule has 2 N–H and O–H groups in total. The molecule has 0 bridgehead atoms. The molecule has 3 nitrogen and oxygen atoms in total. The lowest BCUT2D eigenvalue weighted by Crippen LogP contribution is -2.36. The summed E-state index contributed by atoms with van der Waals surface area (Å²) in [5.74, 6) is 2.49. The molecule has 0 fully saturated rings. The lowest BCUT2D eigenvalue weighted by Gasteiger charge is -2.23. The van der Waals surface area contributed by atoms with Crippen molar-refractivity contribution in [2.45, 2.75) is 6.10 Å². The molecule has 3 heteroatoms. The first kappa shape index (κ1) is 16.1. The number of benzene rings is 2. The van der Waals surface area contributed by atoms with E-state index in [0.29, 0.717) is 19.6 Å². The number of likely N-dealkylation sites (N-methyl/N-ethyl adjacent to an activating group) is 1. The van der Waals surface area contributed by atoms with Gasteiger partial charge in [-0.3, -0.25) is 0 Å². The average molecular weight is 294 g/mol. The van der Waals surface area contributed by atoms with Crippen LogP contribution in [0.1, 0.15) is 0 Å². The van der Waals surface area contributed by atoms with Crippen LogP contribution in [-0.2, 0) is 0 Å². The predicted molar refractivity (Wildman–Crippen MR) is 92.9 cm³/mol. The zero-order valence-corrected chi connectivity index (χ0v) is 12.9. The molecule has 0 aliphatic carbocycles. The third kappa shape index (κ3) is 4.63. The Kier molecular flexibility index (Phi) is 6.02. The molecule has 2 aromatic carbocycles. The van der Waals surface area contributed by atoms with E-state index < -0.39 is 6.10 Å². The molecule has 1 atom stereocenters. The Bertz CT molecular complexity index is 602. The van der Waals surface area contributed by atoms with Crippen molar-refractivity contribution >= 4 is 5.69 Å². The van der Waals surface area contributed by atoms with E-state index in [1.807, 2.05) is 30.1 Å². The van der Waals surface area contributed by atoms with Gasteiger partial charge in [0.2, 0.25) is 0 Å². The molecule has 0 aliphatic heterocycles. The normalized spacial score (nSPS) is 11.7. The third-order valence-corrected chi connectivity index (χ3v) is 3.51. The molecule has 114 valence electrons. The fraction of sp³-hybridized carbons (Fsp3) is 0.263. The highest BCUT2D eigenvalue weighted by Gasteiger charge is 2.08. The van der Waals surface area contributed by atoms with Crippen LogP contribution in [0.3, 0.4) is 0 Å². The first-order valence-electron chi connectivity index (χ1n) is 7.39. The molecule has 22 heavy (non-hydrogen) atoms. The number of terminal acetylenes is 1. The second-order valence-corrected chi connectivity index (χ2v) is 5.28. The fourth-order valence-electron chi connectivity index (χ4n) is 2.34. The van der Waals surface area contributed by atoms with Crippen LogP contribution in [0.15, 0.2) is 54.6 Å². The zero-order chi connectivity index (χ0) is 15.8. The van der Waals surface area contributed by atoms with Crippen molar-refractivity contribution < 1.29 is 5.11 Å². The van der Waals surface area contributed by atoms with Crippen molar-refractivity contribution in [2.24, 2.45) is 0 Å². The van der Waals surface area contributed by atoms with E-state index in [1.54, 1.807) is 0 Å². The molecular formula is C19H22N2O. The van der Waals surface area contributed by atoms with Gasteiger partial charge in [-0.25, -0.2) is 0 Å². The monoisotopic (exact) mass is 294 g/mol. The summed E-state index contributed by atoms with van der Waals surface area (Å²) in [6.07, 6.45) is 4.71. The van der Waals surface area contributed by atoms with E-state index in [4.69, 9.17) is 6.42 Å². The summed E-state index contributed by atoms with van der Waals surface area (Å²) in [6.45, 7) is 1.53. The quantitative estimate of drug-likeness (QED) is 0.608. The first-order chi connectivity index (χ1) is 10.7. The number of hydrogen-bond acceptors (Lipinski definition) is 3. The first-order valence-corrected chi connectivity index (χ1v) is 7.39. The number of nitrogens with zero attached hydrogens (tertiary/aromatic N) is 1. The second kappa shape index (κ2) is 8.23. The minimum Gasteiger partial charge on any atom is -0.390 e. The van der Waals surface area contributed by atoms with E-state index in [9.17, 15) is 5.11 Å². The van der Waals surface area contributed by atoms with Gasteiger partial charge in [0.25, 0.3) is 0 Å². The van der Waals surface area contributed by atoms with E-state index in [-0.39, 0.29) is 0 Å². The maximum Gasteiger partial charge on any atom is 0.0839 e. The maximum atomic E-state index is 9.97. The number of aliphatic hydroxyl groups is 1. The van der Waals surface area contributed by atoms with Crippen LogP contribution < -0.4 is 10.2 Å². The summed E-state index contributed by atoms with van der Waals surface area (Å²) in [7, 11) is 1.97. The Labute approximate surface area is 132 Å². The van der Waals surface area contributed by atoms with E-state index in [0.717, 1.165) is 5.69 Å². The molecular weight excluding hydrogens is 272 g/mol. The predicted octanol–water partition coefficient (Wildman–Crippen LogP) is 2.37. The van der Waals surface area contributed by atoms with Gasteiger partial charge in [-0.15, -0.1) is 6.42 Å². The summed E-state index contributed by atoms with van der Waals surface area (Å²) in [5, 5.41) is 13.0. The zero-order valence-electron chi connectivity index (χ0n) is 12.9. The van der Waals surface area contributed by atoms with Gasteiger partial charge in [-0.05, 0) is 23.3 Å². The summed E-state index contributed by atoms with van der Waals surface area (Å²) in [4.78, 5) is 2.04. The van der Waals surface area contributed by atoms with E-state index in [1.165, 1.54) is 11.1 Å². The minimum absolute atomic E-state index is 0.452. The molecule has 0 spiro atoms. The Balaban J connectivity index is 1.94.